The highest BCUT2D eigenvalue weighted by atomic mass is 35.5. The highest BCUT2D eigenvalue weighted by Gasteiger charge is 2.19. The second kappa shape index (κ2) is 6.00. The number of alkyl halides is 1. The lowest BCUT2D eigenvalue weighted by Gasteiger charge is -2.05. The van der Waals surface area contributed by atoms with E-state index in [1.807, 2.05) is 0 Å². The monoisotopic (exact) mass is 260 g/mol. The molecule has 0 amide bonds. The Labute approximate surface area is 101 Å². The van der Waals surface area contributed by atoms with Crippen LogP contribution < -0.4 is 4.74 Å². The number of nitrogens with zero attached hydrogens (tertiary/aromatic N) is 2. The Morgan fingerprint density at radius 3 is 2.47 bits per heavy atom. The predicted molar refractivity (Wildman–Crippen MR) is 60.6 cm³/mol. The summed E-state index contributed by atoms with van der Waals surface area (Å²) in [5, 5.41) is 21.2. The molecule has 1 aromatic rings. The van der Waals surface area contributed by atoms with Crippen LogP contribution in [0.25, 0.3) is 0 Å². The maximum Gasteiger partial charge on any atom is 0.311 e. The van der Waals surface area contributed by atoms with Crippen molar-refractivity contribution in [1.82, 2.24) is 0 Å². The van der Waals surface area contributed by atoms with Crippen molar-refractivity contribution in [1.29, 1.82) is 0 Å². The molecule has 7 nitrogen and oxygen atoms in total. The third-order valence-corrected chi connectivity index (χ3v) is 2.15. The van der Waals surface area contributed by atoms with Crippen LogP contribution in [0, 0.1) is 20.2 Å². The number of hydrogen-bond donors (Lipinski definition) is 0. The molecule has 0 saturated heterocycles. The molecule has 8 heteroatoms. The SMILES string of the molecule is O=[N+]([O-])c1ccc([N+](=O)[O-])c(OCCCCl)c1. The summed E-state index contributed by atoms with van der Waals surface area (Å²) in [6.45, 7) is 0.172. The van der Waals surface area contributed by atoms with Crippen molar-refractivity contribution in [3.63, 3.8) is 0 Å². The second-order valence-corrected chi connectivity index (χ2v) is 3.44. The zero-order valence-electron chi connectivity index (χ0n) is 8.67. The Bertz CT molecular complexity index is 437. The van der Waals surface area contributed by atoms with E-state index in [1.165, 1.54) is 0 Å². The first kappa shape index (κ1) is 13.2. The lowest BCUT2D eigenvalue weighted by Crippen LogP contribution is -2.02. The quantitative estimate of drug-likeness (QED) is 0.339. The van der Waals surface area contributed by atoms with Gasteiger partial charge in [-0.3, -0.25) is 20.2 Å². The summed E-state index contributed by atoms with van der Waals surface area (Å²) in [5.41, 5.74) is -0.554. The average Bonchev–Trinajstić information content (AvgIpc) is 2.28. The van der Waals surface area contributed by atoms with Crippen molar-refractivity contribution in [2.24, 2.45) is 0 Å². The van der Waals surface area contributed by atoms with Crippen molar-refractivity contribution >= 4 is 23.0 Å². The zero-order valence-corrected chi connectivity index (χ0v) is 9.42. The summed E-state index contributed by atoms with van der Waals surface area (Å²) < 4.78 is 5.10. The molecule has 0 saturated carbocycles. The molecule has 1 aromatic carbocycles. The van der Waals surface area contributed by atoms with Gasteiger partial charge in [-0.15, -0.1) is 11.6 Å². The molecule has 0 aliphatic rings. The van der Waals surface area contributed by atoms with Gasteiger partial charge >= 0.3 is 5.69 Å². The Kier molecular flexibility index (Phi) is 4.65. The van der Waals surface area contributed by atoms with Crippen LogP contribution in [0.15, 0.2) is 18.2 Å². The Hall–Kier alpha value is -1.89. The number of ether oxygens (including phenoxy) is 1. The first-order valence-corrected chi connectivity index (χ1v) is 5.21. The molecule has 17 heavy (non-hydrogen) atoms. The predicted octanol–water partition coefficient (Wildman–Crippen LogP) is 2.51. The Morgan fingerprint density at radius 2 is 1.94 bits per heavy atom. The molecule has 92 valence electrons. The molecule has 0 spiro atoms. The van der Waals surface area contributed by atoms with E-state index < -0.39 is 9.85 Å². The van der Waals surface area contributed by atoms with E-state index in [9.17, 15) is 20.2 Å². The van der Waals surface area contributed by atoms with E-state index in [4.69, 9.17) is 16.3 Å². The standard InChI is InChI=1S/C9H9ClN2O5/c10-4-1-5-17-9-6-7(11(13)14)2-3-8(9)12(15)16/h2-3,6H,1,4-5H2. The van der Waals surface area contributed by atoms with Gasteiger partial charge < -0.3 is 4.74 Å². The van der Waals surface area contributed by atoms with Crippen LogP contribution in [0.2, 0.25) is 0 Å². The average molecular weight is 261 g/mol. The van der Waals surface area contributed by atoms with Crippen molar-refractivity contribution in [3.8, 4) is 5.75 Å². The number of nitro groups is 2. The summed E-state index contributed by atoms with van der Waals surface area (Å²) in [4.78, 5) is 19.9. The van der Waals surface area contributed by atoms with E-state index in [2.05, 4.69) is 0 Å². The number of benzene rings is 1. The maximum absolute atomic E-state index is 10.7. The van der Waals surface area contributed by atoms with Crippen LogP contribution in [0.4, 0.5) is 11.4 Å². The third kappa shape index (κ3) is 3.56. The number of halogens is 1. The minimum absolute atomic E-state index is 0.116. The molecule has 1 rings (SSSR count). The molecule has 0 heterocycles. The lowest BCUT2D eigenvalue weighted by atomic mass is 10.2. The highest BCUT2D eigenvalue weighted by molar-refractivity contribution is 6.17. The van der Waals surface area contributed by atoms with Gasteiger partial charge in [0, 0.05) is 18.0 Å². The first-order valence-electron chi connectivity index (χ1n) is 4.68. The van der Waals surface area contributed by atoms with E-state index in [0.717, 1.165) is 18.2 Å². The molecule has 0 unspecified atom stereocenters. The second-order valence-electron chi connectivity index (χ2n) is 3.06. The van der Waals surface area contributed by atoms with Crippen LogP contribution >= 0.6 is 11.6 Å². The summed E-state index contributed by atoms with van der Waals surface area (Å²) in [6.07, 6.45) is 0.501. The Morgan fingerprint density at radius 1 is 1.24 bits per heavy atom. The van der Waals surface area contributed by atoms with E-state index in [-0.39, 0.29) is 23.7 Å². The van der Waals surface area contributed by atoms with Gasteiger partial charge in [0.2, 0.25) is 5.75 Å². The van der Waals surface area contributed by atoms with Gasteiger partial charge in [-0.2, -0.15) is 0 Å². The highest BCUT2D eigenvalue weighted by Crippen LogP contribution is 2.30. The van der Waals surface area contributed by atoms with E-state index >= 15 is 0 Å². The minimum atomic E-state index is -0.653. The number of rotatable bonds is 6. The van der Waals surface area contributed by atoms with Crippen molar-refractivity contribution in [2.45, 2.75) is 6.42 Å². The maximum atomic E-state index is 10.7. The van der Waals surface area contributed by atoms with Crippen LogP contribution in [0.5, 0.6) is 5.75 Å². The van der Waals surface area contributed by atoms with Crippen molar-refractivity contribution in [2.75, 3.05) is 12.5 Å². The van der Waals surface area contributed by atoms with Crippen LogP contribution in [0.3, 0.4) is 0 Å². The normalized spacial score (nSPS) is 9.94. The fourth-order valence-electron chi connectivity index (χ4n) is 1.12. The molecule has 0 radical (unpaired) electrons. The number of non-ortho nitro benzene ring substituents is 1. The van der Waals surface area contributed by atoms with Crippen LogP contribution in [-0.2, 0) is 0 Å². The summed E-state index contributed by atoms with van der Waals surface area (Å²) in [5.74, 6) is 0.234. The molecule has 0 bridgehead atoms. The largest absolute Gasteiger partial charge is 0.487 e. The van der Waals surface area contributed by atoms with Gasteiger partial charge in [0.1, 0.15) is 0 Å². The number of hydrogen-bond acceptors (Lipinski definition) is 5. The van der Waals surface area contributed by atoms with Crippen molar-refractivity contribution in [3.05, 3.63) is 38.4 Å². The van der Waals surface area contributed by atoms with Gasteiger partial charge in [-0.25, -0.2) is 0 Å². The summed E-state index contributed by atoms with van der Waals surface area (Å²) >= 11 is 5.43. The van der Waals surface area contributed by atoms with Gasteiger partial charge in [-0.1, -0.05) is 0 Å². The topological polar surface area (TPSA) is 95.5 Å². The smallest absolute Gasteiger partial charge is 0.311 e. The molecule has 0 aromatic heterocycles. The van der Waals surface area contributed by atoms with Gasteiger partial charge in [0.25, 0.3) is 5.69 Å². The molecule has 0 aliphatic heterocycles. The van der Waals surface area contributed by atoms with Crippen LogP contribution in [-0.4, -0.2) is 22.3 Å². The van der Waals surface area contributed by atoms with Crippen molar-refractivity contribution < 1.29 is 14.6 Å². The molecule has 0 atom stereocenters. The Balaban J connectivity index is 2.98. The molecular formula is C9H9ClN2O5. The molecule has 0 fully saturated rings. The minimum Gasteiger partial charge on any atom is -0.487 e. The lowest BCUT2D eigenvalue weighted by molar-refractivity contribution is -0.389. The summed E-state index contributed by atoms with van der Waals surface area (Å²) in [6, 6.07) is 3.15. The van der Waals surface area contributed by atoms with Gasteiger partial charge in [0.15, 0.2) is 0 Å². The fraction of sp³-hybridized carbons (Fsp3) is 0.333. The van der Waals surface area contributed by atoms with Gasteiger partial charge in [0.05, 0.1) is 22.5 Å². The fourth-order valence-corrected chi connectivity index (χ4v) is 1.23. The van der Waals surface area contributed by atoms with Crippen LogP contribution in [0.1, 0.15) is 6.42 Å². The zero-order chi connectivity index (χ0) is 12.8. The first-order chi connectivity index (χ1) is 8.06. The van der Waals surface area contributed by atoms with Gasteiger partial charge in [-0.05, 0) is 6.42 Å². The van der Waals surface area contributed by atoms with E-state index in [1.54, 1.807) is 0 Å². The molecule has 0 aliphatic carbocycles. The third-order valence-electron chi connectivity index (χ3n) is 1.89. The summed E-state index contributed by atoms with van der Waals surface area (Å²) in [7, 11) is 0. The molecular weight excluding hydrogens is 252 g/mol. The number of nitro benzene ring substituents is 2. The molecule has 0 N–H and O–H groups in total. The van der Waals surface area contributed by atoms with E-state index in [0.29, 0.717) is 12.3 Å².